The van der Waals surface area contributed by atoms with Crippen molar-refractivity contribution in [3.8, 4) is 0 Å². The Morgan fingerprint density at radius 1 is 1.12 bits per heavy atom. The van der Waals surface area contributed by atoms with Gasteiger partial charge in [-0.05, 0) is 55.7 Å². The topological polar surface area (TPSA) is 71.4 Å². The van der Waals surface area contributed by atoms with Crippen LogP contribution in [0.25, 0.3) is 0 Å². The molecule has 1 aliphatic rings. The molecule has 130 valence electrons. The zero-order valence-corrected chi connectivity index (χ0v) is 14.4. The lowest BCUT2D eigenvalue weighted by Gasteiger charge is -2.16. The summed E-state index contributed by atoms with van der Waals surface area (Å²) in [6, 6.07) is 8.36. The number of anilines is 1. The normalized spacial score (nSPS) is 13.8. The molecule has 2 heterocycles. The van der Waals surface area contributed by atoms with Crippen molar-refractivity contribution in [1.82, 2.24) is 9.47 Å². The van der Waals surface area contributed by atoms with Crippen LogP contribution in [0.2, 0.25) is 0 Å². The minimum absolute atomic E-state index is 0.0235. The molecule has 6 heteroatoms. The summed E-state index contributed by atoms with van der Waals surface area (Å²) in [5, 5.41) is 2.75. The summed E-state index contributed by atoms with van der Waals surface area (Å²) in [4.78, 5) is 38.7. The number of rotatable bonds is 3. The average Bonchev–Trinajstić information content (AvgIpc) is 3.13. The molecule has 1 saturated heterocycles. The van der Waals surface area contributed by atoms with Crippen molar-refractivity contribution in [3.63, 3.8) is 0 Å². The molecule has 0 saturated carbocycles. The lowest BCUT2D eigenvalue weighted by atomic mass is 10.1. The van der Waals surface area contributed by atoms with Gasteiger partial charge in [0.1, 0.15) is 5.56 Å². The highest BCUT2D eigenvalue weighted by atomic mass is 16.2. The fourth-order valence-electron chi connectivity index (χ4n) is 3.00. The standard InChI is InChI=1S/C19H21N3O3/c1-13-12-14(18(24)22-10-3-4-11-22)7-8-16(13)20-17(23)15-6-5-9-21(2)19(15)25/h5-9,12H,3-4,10-11H2,1-2H3,(H,20,23). The average molecular weight is 339 g/mol. The Hall–Kier alpha value is -2.89. The van der Waals surface area contributed by atoms with Gasteiger partial charge in [-0.2, -0.15) is 0 Å². The number of carbonyl (C=O) groups excluding carboxylic acids is 2. The Morgan fingerprint density at radius 2 is 1.84 bits per heavy atom. The van der Waals surface area contributed by atoms with Crippen molar-refractivity contribution in [2.45, 2.75) is 19.8 Å². The number of benzene rings is 1. The molecule has 0 atom stereocenters. The number of amides is 2. The van der Waals surface area contributed by atoms with Crippen LogP contribution in [0.15, 0.2) is 41.3 Å². The highest BCUT2D eigenvalue weighted by Crippen LogP contribution is 2.20. The van der Waals surface area contributed by atoms with Crippen molar-refractivity contribution < 1.29 is 9.59 Å². The number of hydrogen-bond acceptors (Lipinski definition) is 3. The Kier molecular flexibility index (Phi) is 4.70. The van der Waals surface area contributed by atoms with Gasteiger partial charge in [-0.3, -0.25) is 14.4 Å². The highest BCUT2D eigenvalue weighted by molar-refractivity contribution is 6.04. The summed E-state index contributed by atoms with van der Waals surface area (Å²) in [5.74, 6) is -0.432. The van der Waals surface area contributed by atoms with E-state index in [0.717, 1.165) is 31.5 Å². The Labute approximate surface area is 146 Å². The molecule has 6 nitrogen and oxygen atoms in total. The van der Waals surface area contributed by atoms with Gasteiger partial charge in [-0.1, -0.05) is 0 Å². The maximum absolute atomic E-state index is 12.4. The van der Waals surface area contributed by atoms with E-state index in [2.05, 4.69) is 5.32 Å². The van der Waals surface area contributed by atoms with Crippen LogP contribution >= 0.6 is 0 Å². The number of hydrogen-bond donors (Lipinski definition) is 1. The van der Waals surface area contributed by atoms with Gasteiger partial charge in [0.2, 0.25) is 0 Å². The minimum atomic E-state index is -0.456. The molecule has 0 bridgehead atoms. The summed E-state index contributed by atoms with van der Waals surface area (Å²) in [6.45, 7) is 3.43. The van der Waals surface area contributed by atoms with Crippen molar-refractivity contribution in [2.24, 2.45) is 7.05 Å². The summed E-state index contributed by atoms with van der Waals surface area (Å²) in [5.41, 5.74) is 1.73. The molecule has 3 rings (SSSR count). The van der Waals surface area contributed by atoms with Crippen molar-refractivity contribution in [3.05, 3.63) is 63.6 Å². The van der Waals surface area contributed by atoms with Gasteiger partial charge in [-0.15, -0.1) is 0 Å². The fraction of sp³-hybridized carbons (Fsp3) is 0.316. The number of nitrogens with zero attached hydrogens (tertiary/aromatic N) is 2. The molecule has 1 aliphatic heterocycles. The maximum atomic E-state index is 12.4. The van der Waals surface area contributed by atoms with Crippen LogP contribution in [0.5, 0.6) is 0 Å². The van der Waals surface area contributed by atoms with Crippen LogP contribution in [-0.2, 0) is 7.05 Å². The first-order valence-electron chi connectivity index (χ1n) is 8.34. The second-order valence-corrected chi connectivity index (χ2v) is 6.32. The van der Waals surface area contributed by atoms with Gasteiger partial charge in [0.05, 0.1) is 0 Å². The van der Waals surface area contributed by atoms with Gasteiger partial charge in [0, 0.05) is 37.6 Å². The van der Waals surface area contributed by atoms with E-state index in [1.54, 1.807) is 37.5 Å². The number of nitrogens with one attached hydrogen (secondary N) is 1. The number of carbonyl (C=O) groups is 2. The second-order valence-electron chi connectivity index (χ2n) is 6.32. The van der Waals surface area contributed by atoms with E-state index in [1.165, 1.54) is 10.6 Å². The lowest BCUT2D eigenvalue weighted by Crippen LogP contribution is -2.28. The van der Waals surface area contributed by atoms with Crippen LogP contribution < -0.4 is 10.9 Å². The van der Waals surface area contributed by atoms with Gasteiger partial charge >= 0.3 is 0 Å². The number of likely N-dealkylation sites (tertiary alicyclic amines) is 1. The molecule has 0 unspecified atom stereocenters. The molecule has 1 aromatic heterocycles. The third-order valence-corrected chi connectivity index (χ3v) is 4.48. The molecule has 0 radical (unpaired) electrons. The van der Waals surface area contributed by atoms with Crippen molar-refractivity contribution >= 4 is 17.5 Å². The van der Waals surface area contributed by atoms with Crippen LogP contribution in [0.1, 0.15) is 39.1 Å². The zero-order valence-electron chi connectivity index (χ0n) is 14.4. The van der Waals surface area contributed by atoms with Crippen LogP contribution in [-0.4, -0.2) is 34.4 Å². The molecule has 0 spiro atoms. The Balaban J connectivity index is 1.79. The summed E-state index contributed by atoms with van der Waals surface area (Å²) < 4.78 is 1.36. The summed E-state index contributed by atoms with van der Waals surface area (Å²) in [7, 11) is 1.60. The minimum Gasteiger partial charge on any atom is -0.339 e. The van der Waals surface area contributed by atoms with Crippen LogP contribution in [0.4, 0.5) is 5.69 Å². The quantitative estimate of drug-likeness (QED) is 0.932. The zero-order chi connectivity index (χ0) is 18.0. The molecular weight excluding hydrogens is 318 g/mol. The smallest absolute Gasteiger partial charge is 0.263 e. The molecule has 2 amide bonds. The van der Waals surface area contributed by atoms with Crippen molar-refractivity contribution in [2.75, 3.05) is 18.4 Å². The third kappa shape index (κ3) is 3.47. The van der Waals surface area contributed by atoms with E-state index in [0.29, 0.717) is 11.3 Å². The fourth-order valence-corrected chi connectivity index (χ4v) is 3.00. The van der Waals surface area contributed by atoms with E-state index in [1.807, 2.05) is 11.8 Å². The largest absolute Gasteiger partial charge is 0.339 e. The first-order chi connectivity index (χ1) is 12.0. The first kappa shape index (κ1) is 17.0. The van der Waals surface area contributed by atoms with E-state index in [4.69, 9.17) is 0 Å². The predicted molar refractivity (Wildman–Crippen MR) is 96.0 cm³/mol. The van der Waals surface area contributed by atoms with Gasteiger partial charge in [0.25, 0.3) is 17.4 Å². The first-order valence-corrected chi connectivity index (χ1v) is 8.34. The van der Waals surface area contributed by atoms with E-state index >= 15 is 0 Å². The molecule has 25 heavy (non-hydrogen) atoms. The van der Waals surface area contributed by atoms with Crippen molar-refractivity contribution in [1.29, 1.82) is 0 Å². The summed E-state index contributed by atoms with van der Waals surface area (Å²) in [6.07, 6.45) is 3.69. The monoisotopic (exact) mass is 339 g/mol. The van der Waals surface area contributed by atoms with Gasteiger partial charge in [0.15, 0.2) is 0 Å². The molecule has 1 N–H and O–H groups in total. The SMILES string of the molecule is Cc1cc(C(=O)N2CCCC2)ccc1NC(=O)c1cccn(C)c1=O. The molecular formula is C19H21N3O3. The van der Waals surface area contributed by atoms with Gasteiger partial charge < -0.3 is 14.8 Å². The lowest BCUT2D eigenvalue weighted by molar-refractivity contribution is 0.0792. The number of aryl methyl sites for hydroxylation is 2. The van der Waals surface area contributed by atoms with E-state index in [-0.39, 0.29) is 17.0 Å². The molecule has 0 aliphatic carbocycles. The molecule has 1 aromatic carbocycles. The number of aromatic nitrogens is 1. The maximum Gasteiger partial charge on any atom is 0.263 e. The van der Waals surface area contributed by atoms with E-state index < -0.39 is 5.91 Å². The summed E-state index contributed by atoms with van der Waals surface area (Å²) >= 11 is 0. The second kappa shape index (κ2) is 6.93. The van der Waals surface area contributed by atoms with Crippen LogP contribution in [0.3, 0.4) is 0 Å². The molecule has 2 aromatic rings. The highest BCUT2D eigenvalue weighted by Gasteiger charge is 2.20. The van der Waals surface area contributed by atoms with Crippen LogP contribution in [0, 0.1) is 6.92 Å². The Morgan fingerprint density at radius 3 is 2.52 bits per heavy atom. The Bertz CT molecular complexity index is 880. The predicted octanol–water partition coefficient (Wildman–Crippen LogP) is 2.18. The molecule has 1 fully saturated rings. The van der Waals surface area contributed by atoms with Gasteiger partial charge in [-0.25, -0.2) is 0 Å². The number of pyridine rings is 1. The third-order valence-electron chi connectivity index (χ3n) is 4.48. The van der Waals surface area contributed by atoms with E-state index in [9.17, 15) is 14.4 Å².